The molecule has 80 heavy (non-hydrogen) atoms. The molecule has 0 aliphatic carbocycles. The van der Waals surface area contributed by atoms with Crippen LogP contribution in [0.5, 0.6) is 0 Å². The molecule has 0 saturated carbocycles. The summed E-state index contributed by atoms with van der Waals surface area (Å²) in [6.45, 7) is 6.35. The number of esters is 3. The van der Waals surface area contributed by atoms with Gasteiger partial charge in [-0.05, 0) is 116 Å². The van der Waals surface area contributed by atoms with E-state index < -0.39 is 6.10 Å². The highest BCUT2D eigenvalue weighted by molar-refractivity contribution is 5.71. The van der Waals surface area contributed by atoms with Gasteiger partial charge in [0, 0.05) is 19.3 Å². The van der Waals surface area contributed by atoms with Crippen molar-refractivity contribution < 1.29 is 28.6 Å². The van der Waals surface area contributed by atoms with E-state index in [1.54, 1.807) is 0 Å². The molecule has 0 bridgehead atoms. The molecule has 0 aromatic heterocycles. The van der Waals surface area contributed by atoms with E-state index in [9.17, 15) is 14.4 Å². The Morgan fingerprint density at radius 3 is 0.762 bits per heavy atom. The number of hydrogen-bond acceptors (Lipinski definition) is 6. The smallest absolute Gasteiger partial charge is 0.306 e. The number of carbonyl (C=O) groups is 3. The second-order valence-corrected chi connectivity index (χ2v) is 21.6. The van der Waals surface area contributed by atoms with E-state index >= 15 is 0 Å². The van der Waals surface area contributed by atoms with E-state index in [1.807, 2.05) is 0 Å². The molecular weight excluding hydrogens is 985 g/mol. The molecule has 1 atom stereocenters. The second kappa shape index (κ2) is 67.1. The predicted molar refractivity (Wildman–Crippen MR) is 348 cm³/mol. The Hall–Kier alpha value is -4.45. The summed E-state index contributed by atoms with van der Waals surface area (Å²) in [5.74, 6) is -0.911. The SMILES string of the molecule is CC/C=C\C/C=C\C/C=C\C/C=C\C/C=C\C/C=C\CCCCCCCCCCCCCCCCCCC(=O)OCC(COC(=O)CCCCCCCC)OC(=O)CCCCCCC/C=C\C/C=C\C/C=C\C/C=C\C/C=C\CC. The van der Waals surface area contributed by atoms with Crippen LogP contribution in [-0.2, 0) is 28.6 Å². The Kier molecular flexibility index (Phi) is 63.3. The van der Waals surface area contributed by atoms with Crippen LogP contribution in [0, 0.1) is 0 Å². The highest BCUT2D eigenvalue weighted by atomic mass is 16.6. The van der Waals surface area contributed by atoms with Gasteiger partial charge in [0.15, 0.2) is 6.10 Å². The molecule has 0 saturated heterocycles. The molecule has 0 rings (SSSR count). The van der Waals surface area contributed by atoms with E-state index in [-0.39, 0.29) is 31.1 Å². The van der Waals surface area contributed by atoms with Crippen LogP contribution in [0.25, 0.3) is 0 Å². The zero-order chi connectivity index (χ0) is 57.8. The summed E-state index contributed by atoms with van der Waals surface area (Å²) in [6, 6.07) is 0. The lowest BCUT2D eigenvalue weighted by atomic mass is 10.0. The largest absolute Gasteiger partial charge is 0.462 e. The fraction of sp³-hybridized carbons (Fsp3) is 0.662. The number of unbranched alkanes of at least 4 members (excludes halogenated alkanes) is 26. The molecule has 0 heterocycles. The molecule has 0 amide bonds. The maximum absolute atomic E-state index is 12.8. The van der Waals surface area contributed by atoms with Crippen LogP contribution in [-0.4, -0.2) is 37.2 Å². The molecule has 454 valence electrons. The third-order valence-electron chi connectivity index (χ3n) is 13.9. The van der Waals surface area contributed by atoms with Gasteiger partial charge >= 0.3 is 17.9 Å². The maximum Gasteiger partial charge on any atom is 0.306 e. The van der Waals surface area contributed by atoms with Gasteiger partial charge in [-0.15, -0.1) is 0 Å². The predicted octanol–water partition coefficient (Wildman–Crippen LogP) is 22.9. The Bertz CT molecular complexity index is 1700. The van der Waals surface area contributed by atoms with Crippen LogP contribution in [0.15, 0.2) is 134 Å². The summed E-state index contributed by atoms with van der Waals surface area (Å²) in [5, 5.41) is 0. The van der Waals surface area contributed by atoms with E-state index in [0.29, 0.717) is 19.3 Å². The van der Waals surface area contributed by atoms with Crippen molar-refractivity contribution in [2.24, 2.45) is 0 Å². The molecule has 6 heteroatoms. The highest BCUT2D eigenvalue weighted by Gasteiger charge is 2.19. The first-order chi connectivity index (χ1) is 39.5. The highest BCUT2D eigenvalue weighted by Crippen LogP contribution is 2.16. The van der Waals surface area contributed by atoms with Gasteiger partial charge in [-0.25, -0.2) is 0 Å². The minimum Gasteiger partial charge on any atom is -0.462 e. The van der Waals surface area contributed by atoms with Gasteiger partial charge in [-0.3, -0.25) is 14.4 Å². The number of allylic oxidation sites excluding steroid dienone is 22. The summed E-state index contributed by atoms with van der Waals surface area (Å²) >= 11 is 0. The molecule has 0 aromatic carbocycles. The van der Waals surface area contributed by atoms with Crippen LogP contribution < -0.4 is 0 Å². The lowest BCUT2D eigenvalue weighted by Crippen LogP contribution is -2.30. The van der Waals surface area contributed by atoms with Gasteiger partial charge in [-0.2, -0.15) is 0 Å². The van der Waals surface area contributed by atoms with Gasteiger partial charge in [0.05, 0.1) is 0 Å². The van der Waals surface area contributed by atoms with Crippen LogP contribution in [0.1, 0.15) is 297 Å². The average Bonchev–Trinajstić information content (AvgIpc) is 3.46. The second-order valence-electron chi connectivity index (χ2n) is 21.6. The van der Waals surface area contributed by atoms with E-state index in [1.165, 1.54) is 109 Å². The van der Waals surface area contributed by atoms with Crippen molar-refractivity contribution in [3.63, 3.8) is 0 Å². The lowest BCUT2D eigenvalue weighted by molar-refractivity contribution is -0.167. The van der Waals surface area contributed by atoms with Gasteiger partial charge in [0.1, 0.15) is 13.2 Å². The fourth-order valence-electron chi connectivity index (χ4n) is 9.00. The molecule has 0 fully saturated rings. The monoisotopic (exact) mass is 1110 g/mol. The lowest BCUT2D eigenvalue weighted by Gasteiger charge is -2.18. The molecule has 1 unspecified atom stereocenters. The Morgan fingerprint density at radius 1 is 0.263 bits per heavy atom. The minimum atomic E-state index is -0.788. The van der Waals surface area contributed by atoms with Crippen LogP contribution in [0.2, 0.25) is 0 Å². The van der Waals surface area contributed by atoms with Crippen molar-refractivity contribution in [2.75, 3.05) is 13.2 Å². The van der Waals surface area contributed by atoms with Crippen molar-refractivity contribution in [3.05, 3.63) is 134 Å². The fourth-order valence-corrected chi connectivity index (χ4v) is 9.00. The summed E-state index contributed by atoms with van der Waals surface area (Å²) in [4.78, 5) is 38.0. The normalized spacial score (nSPS) is 13.0. The van der Waals surface area contributed by atoms with E-state index in [4.69, 9.17) is 14.2 Å². The Labute approximate surface area is 494 Å². The molecule has 0 N–H and O–H groups in total. The number of hydrogen-bond donors (Lipinski definition) is 0. The van der Waals surface area contributed by atoms with Crippen molar-refractivity contribution in [1.29, 1.82) is 0 Å². The van der Waals surface area contributed by atoms with Crippen molar-refractivity contribution in [1.82, 2.24) is 0 Å². The first-order valence-corrected chi connectivity index (χ1v) is 33.2. The van der Waals surface area contributed by atoms with Crippen molar-refractivity contribution in [3.8, 4) is 0 Å². The summed E-state index contributed by atoms with van der Waals surface area (Å²) in [7, 11) is 0. The van der Waals surface area contributed by atoms with Gasteiger partial charge in [0.2, 0.25) is 0 Å². The molecule has 0 radical (unpaired) electrons. The third kappa shape index (κ3) is 64.4. The topological polar surface area (TPSA) is 78.9 Å². The molecule has 0 spiro atoms. The maximum atomic E-state index is 12.8. The molecular formula is C74H122O6. The first kappa shape index (κ1) is 75.5. The molecule has 0 aromatic rings. The first-order valence-electron chi connectivity index (χ1n) is 33.2. The minimum absolute atomic E-state index is 0.0863. The zero-order valence-corrected chi connectivity index (χ0v) is 52.0. The molecule has 0 aliphatic heterocycles. The number of rotatable bonds is 59. The summed E-state index contributed by atoms with van der Waals surface area (Å²) in [5.41, 5.74) is 0. The molecule has 6 nitrogen and oxygen atoms in total. The number of carbonyl (C=O) groups excluding carboxylic acids is 3. The summed E-state index contributed by atoms with van der Waals surface area (Å²) in [6.07, 6.45) is 95.1. The van der Waals surface area contributed by atoms with E-state index in [2.05, 4.69) is 154 Å². The van der Waals surface area contributed by atoms with Crippen LogP contribution in [0.3, 0.4) is 0 Å². The van der Waals surface area contributed by atoms with Gasteiger partial charge < -0.3 is 14.2 Å². The third-order valence-corrected chi connectivity index (χ3v) is 13.9. The van der Waals surface area contributed by atoms with Crippen LogP contribution >= 0.6 is 0 Å². The van der Waals surface area contributed by atoms with Crippen molar-refractivity contribution in [2.45, 2.75) is 303 Å². The van der Waals surface area contributed by atoms with Crippen molar-refractivity contribution >= 4 is 17.9 Å². The standard InChI is InChI=1S/C74H122O6/c1-4-7-10-13-16-18-20-22-24-26-28-30-31-32-33-34-35-36-37-38-39-40-41-42-43-45-46-48-50-52-54-56-58-61-64-67-73(76)79-70-71(69-78-72(75)66-63-60-15-12-9-6-3)80-74(77)68-65-62-59-57-55-53-51-49-47-44-29-27-25-23-21-19-17-14-11-8-5-2/h7-8,10-11,16-19,22-25,28-30,32-33,35-36,44,49,51,71H,4-6,9,12-15,20-21,26-27,31,34,37-43,45-48,50,52-70H2,1-3H3/b10-7-,11-8-,18-16-,19-17-,24-22-,25-23-,30-28-,33-32-,36-35-,44-29-,51-49-. The number of ether oxygens (including phenoxy) is 3. The average molecular weight is 1110 g/mol. The Balaban J connectivity index is 4.05. The Morgan fingerprint density at radius 2 is 0.487 bits per heavy atom. The van der Waals surface area contributed by atoms with Crippen LogP contribution in [0.4, 0.5) is 0 Å². The zero-order valence-electron chi connectivity index (χ0n) is 52.0. The van der Waals surface area contributed by atoms with Gasteiger partial charge in [-0.1, -0.05) is 296 Å². The quantitative estimate of drug-likeness (QED) is 0.0261. The van der Waals surface area contributed by atoms with Gasteiger partial charge in [0.25, 0.3) is 0 Å². The van der Waals surface area contributed by atoms with E-state index in [0.717, 1.165) is 148 Å². The summed E-state index contributed by atoms with van der Waals surface area (Å²) < 4.78 is 16.8. The molecule has 0 aliphatic rings.